The van der Waals surface area contributed by atoms with Crippen molar-refractivity contribution in [3.05, 3.63) is 18.0 Å². The minimum absolute atomic E-state index is 0.209. The number of aliphatic carboxylic acids is 1. The zero-order valence-electron chi connectivity index (χ0n) is 7.89. The highest BCUT2D eigenvalue weighted by Crippen LogP contribution is 1.94. The minimum Gasteiger partial charge on any atom is -0.480 e. The topological polar surface area (TPSA) is 84.2 Å². The van der Waals surface area contributed by atoms with Gasteiger partial charge in [-0.1, -0.05) is 0 Å². The summed E-state index contributed by atoms with van der Waals surface area (Å²) in [5.41, 5.74) is 0.209. The summed E-state index contributed by atoms with van der Waals surface area (Å²) >= 11 is 0. The first-order valence-corrected chi connectivity index (χ1v) is 4.04. The zero-order valence-corrected chi connectivity index (χ0v) is 7.89. The first-order chi connectivity index (χ1) is 6.50. The van der Waals surface area contributed by atoms with Crippen molar-refractivity contribution < 1.29 is 14.7 Å². The third kappa shape index (κ3) is 2.32. The summed E-state index contributed by atoms with van der Waals surface area (Å²) < 4.78 is 1.47. The molecule has 0 fully saturated rings. The molecule has 2 N–H and O–H groups in total. The molecule has 0 unspecified atom stereocenters. The van der Waals surface area contributed by atoms with E-state index in [9.17, 15) is 9.59 Å². The second-order valence-electron chi connectivity index (χ2n) is 2.91. The van der Waals surface area contributed by atoms with Crippen molar-refractivity contribution in [2.45, 2.75) is 13.0 Å². The van der Waals surface area contributed by atoms with Crippen molar-refractivity contribution >= 4 is 11.9 Å². The van der Waals surface area contributed by atoms with Crippen LogP contribution in [-0.4, -0.2) is 32.8 Å². The Bertz CT molecular complexity index is 358. The molecule has 0 spiro atoms. The fourth-order valence-electron chi connectivity index (χ4n) is 0.868. The predicted octanol–water partition coefficient (Wildman–Crippen LogP) is -0.377. The molecule has 0 aliphatic heterocycles. The number of carboxylic acid groups (broad SMARTS) is 1. The van der Waals surface area contributed by atoms with Crippen LogP contribution in [0.4, 0.5) is 0 Å². The lowest BCUT2D eigenvalue weighted by Crippen LogP contribution is -2.38. The number of nitrogens with zero attached hydrogens (tertiary/aromatic N) is 2. The lowest BCUT2D eigenvalue weighted by molar-refractivity contribution is -0.138. The zero-order chi connectivity index (χ0) is 10.7. The number of aromatic nitrogens is 2. The number of aryl methyl sites for hydroxylation is 1. The molecule has 0 saturated heterocycles. The van der Waals surface area contributed by atoms with E-state index in [4.69, 9.17) is 5.11 Å². The summed E-state index contributed by atoms with van der Waals surface area (Å²) in [6, 6.07) is 0.605. The molecule has 0 bridgehead atoms. The first kappa shape index (κ1) is 10.2. The Balaban J connectivity index is 2.63. The highest BCUT2D eigenvalue weighted by molar-refractivity contribution is 5.94. The third-order valence-electron chi connectivity index (χ3n) is 1.66. The van der Waals surface area contributed by atoms with Crippen LogP contribution in [0.1, 0.15) is 17.4 Å². The number of amides is 1. The van der Waals surface area contributed by atoms with Gasteiger partial charge >= 0.3 is 5.97 Å². The summed E-state index contributed by atoms with van der Waals surface area (Å²) in [5, 5.41) is 14.7. The summed E-state index contributed by atoms with van der Waals surface area (Å²) in [7, 11) is 1.68. The summed E-state index contributed by atoms with van der Waals surface area (Å²) in [5.74, 6) is -1.56. The number of carboxylic acids is 1. The number of rotatable bonds is 3. The van der Waals surface area contributed by atoms with E-state index in [0.29, 0.717) is 0 Å². The Morgan fingerprint density at radius 3 is 2.71 bits per heavy atom. The third-order valence-corrected chi connectivity index (χ3v) is 1.66. The van der Waals surface area contributed by atoms with E-state index in [1.165, 1.54) is 17.7 Å². The van der Waals surface area contributed by atoms with Gasteiger partial charge in [0, 0.05) is 13.2 Å². The molecule has 0 aliphatic rings. The maximum atomic E-state index is 11.3. The van der Waals surface area contributed by atoms with Crippen LogP contribution in [0.5, 0.6) is 0 Å². The normalized spacial score (nSPS) is 12.1. The molecule has 0 saturated carbocycles. The number of hydrogen-bond donors (Lipinski definition) is 2. The second kappa shape index (κ2) is 3.91. The molecule has 1 heterocycles. The van der Waals surface area contributed by atoms with E-state index in [-0.39, 0.29) is 5.69 Å². The molecule has 76 valence electrons. The van der Waals surface area contributed by atoms with Gasteiger partial charge in [0.25, 0.3) is 5.91 Å². The van der Waals surface area contributed by atoms with Gasteiger partial charge in [-0.25, -0.2) is 0 Å². The summed E-state index contributed by atoms with van der Waals surface area (Å²) in [6.45, 7) is 1.39. The van der Waals surface area contributed by atoms with Gasteiger partial charge in [-0.15, -0.1) is 0 Å². The smallest absolute Gasteiger partial charge is 0.325 e. The molecule has 0 aromatic carbocycles. The van der Waals surface area contributed by atoms with Gasteiger partial charge in [0.05, 0.1) is 0 Å². The Kier molecular flexibility index (Phi) is 2.85. The maximum Gasteiger partial charge on any atom is 0.325 e. The van der Waals surface area contributed by atoms with Gasteiger partial charge in [0.15, 0.2) is 0 Å². The Morgan fingerprint density at radius 2 is 2.29 bits per heavy atom. The van der Waals surface area contributed by atoms with Gasteiger partial charge in [0.1, 0.15) is 11.7 Å². The van der Waals surface area contributed by atoms with E-state index in [1.807, 2.05) is 0 Å². The fourth-order valence-corrected chi connectivity index (χ4v) is 0.868. The van der Waals surface area contributed by atoms with Crippen LogP contribution in [0.25, 0.3) is 0 Å². The van der Waals surface area contributed by atoms with Crippen molar-refractivity contribution in [1.82, 2.24) is 15.1 Å². The Labute approximate surface area is 80.5 Å². The van der Waals surface area contributed by atoms with Crippen LogP contribution in [0.15, 0.2) is 12.3 Å². The molecule has 1 rings (SSSR count). The number of hydrogen-bond acceptors (Lipinski definition) is 3. The molecule has 0 radical (unpaired) electrons. The van der Waals surface area contributed by atoms with Gasteiger partial charge in [-0.05, 0) is 13.0 Å². The largest absolute Gasteiger partial charge is 0.480 e. The van der Waals surface area contributed by atoms with Crippen LogP contribution in [0, 0.1) is 0 Å². The van der Waals surface area contributed by atoms with Gasteiger partial charge in [0.2, 0.25) is 0 Å². The van der Waals surface area contributed by atoms with E-state index in [1.54, 1.807) is 13.2 Å². The molecule has 14 heavy (non-hydrogen) atoms. The van der Waals surface area contributed by atoms with Gasteiger partial charge in [-0.2, -0.15) is 5.10 Å². The highest BCUT2D eigenvalue weighted by Gasteiger charge is 2.16. The standard InChI is InChI=1S/C8H11N3O3/c1-5(8(13)14)9-7(12)6-3-4-11(2)10-6/h3-5H,1-2H3,(H,9,12)(H,13,14)/t5-/m0/s1. The number of nitrogens with one attached hydrogen (secondary N) is 1. The molecule has 6 nitrogen and oxygen atoms in total. The van der Waals surface area contributed by atoms with E-state index < -0.39 is 17.9 Å². The molecule has 6 heteroatoms. The molecule has 1 aromatic heterocycles. The molecular formula is C8H11N3O3. The Hall–Kier alpha value is -1.85. The SMILES string of the molecule is C[C@H](NC(=O)c1ccn(C)n1)C(=O)O. The lowest BCUT2D eigenvalue weighted by Gasteiger charge is -2.06. The monoisotopic (exact) mass is 197 g/mol. The minimum atomic E-state index is -1.07. The van der Waals surface area contributed by atoms with Crippen LogP contribution in [0.3, 0.4) is 0 Å². The van der Waals surface area contributed by atoms with Gasteiger partial charge in [-0.3, -0.25) is 14.3 Å². The lowest BCUT2D eigenvalue weighted by atomic mass is 10.3. The Morgan fingerprint density at radius 1 is 1.64 bits per heavy atom. The van der Waals surface area contributed by atoms with E-state index >= 15 is 0 Å². The number of carbonyl (C=O) groups is 2. The van der Waals surface area contributed by atoms with Crippen molar-refractivity contribution in [1.29, 1.82) is 0 Å². The van der Waals surface area contributed by atoms with Crippen LogP contribution in [-0.2, 0) is 11.8 Å². The van der Waals surface area contributed by atoms with Gasteiger partial charge < -0.3 is 10.4 Å². The van der Waals surface area contributed by atoms with Crippen LogP contribution in [0.2, 0.25) is 0 Å². The van der Waals surface area contributed by atoms with E-state index in [0.717, 1.165) is 0 Å². The average Bonchev–Trinajstić information content (AvgIpc) is 2.51. The maximum absolute atomic E-state index is 11.3. The van der Waals surface area contributed by atoms with Crippen LogP contribution < -0.4 is 5.32 Å². The molecular weight excluding hydrogens is 186 g/mol. The molecule has 1 atom stereocenters. The summed E-state index contributed by atoms with van der Waals surface area (Å²) in [4.78, 5) is 21.8. The van der Waals surface area contributed by atoms with E-state index in [2.05, 4.69) is 10.4 Å². The van der Waals surface area contributed by atoms with Crippen molar-refractivity contribution in [2.75, 3.05) is 0 Å². The van der Waals surface area contributed by atoms with Crippen molar-refractivity contribution in [2.24, 2.45) is 7.05 Å². The molecule has 1 aromatic rings. The second-order valence-corrected chi connectivity index (χ2v) is 2.91. The summed E-state index contributed by atoms with van der Waals surface area (Å²) in [6.07, 6.45) is 1.61. The van der Waals surface area contributed by atoms with Crippen molar-refractivity contribution in [3.8, 4) is 0 Å². The quantitative estimate of drug-likeness (QED) is 0.692. The highest BCUT2D eigenvalue weighted by atomic mass is 16.4. The molecule has 0 aliphatic carbocycles. The number of carbonyl (C=O) groups excluding carboxylic acids is 1. The fraction of sp³-hybridized carbons (Fsp3) is 0.375. The average molecular weight is 197 g/mol. The predicted molar refractivity (Wildman–Crippen MR) is 47.8 cm³/mol. The van der Waals surface area contributed by atoms with Crippen LogP contribution >= 0.6 is 0 Å². The first-order valence-electron chi connectivity index (χ1n) is 4.04. The molecule has 1 amide bonds. The van der Waals surface area contributed by atoms with Crippen molar-refractivity contribution in [3.63, 3.8) is 0 Å².